The van der Waals surface area contributed by atoms with E-state index in [0.29, 0.717) is 13.0 Å². The van der Waals surface area contributed by atoms with Crippen molar-refractivity contribution >= 4 is 5.78 Å². The van der Waals surface area contributed by atoms with Crippen LogP contribution in [-0.2, 0) is 0 Å². The van der Waals surface area contributed by atoms with E-state index < -0.39 is 29.2 Å². The zero-order chi connectivity index (χ0) is 14.0. The summed E-state index contributed by atoms with van der Waals surface area (Å²) in [7, 11) is 0. The lowest BCUT2D eigenvalue weighted by Crippen LogP contribution is -2.33. The van der Waals surface area contributed by atoms with Gasteiger partial charge in [-0.2, -0.15) is 0 Å². The number of nitrogens with two attached hydrogens (primary N) is 1. The number of rotatable bonds is 3. The van der Waals surface area contributed by atoms with Gasteiger partial charge in [-0.25, -0.2) is 13.2 Å². The number of hydrogen-bond donors (Lipinski definition) is 1. The number of carbonyl (C=O) groups excluding carboxylic acids is 1. The fourth-order valence-electron chi connectivity index (χ4n) is 2.75. The van der Waals surface area contributed by atoms with Gasteiger partial charge >= 0.3 is 0 Å². The maximum Gasteiger partial charge on any atom is 0.195 e. The van der Waals surface area contributed by atoms with Crippen molar-refractivity contribution in [2.75, 3.05) is 6.54 Å². The molecule has 5 heteroatoms. The second-order valence-corrected chi connectivity index (χ2v) is 4.97. The molecule has 0 amide bonds. The van der Waals surface area contributed by atoms with Crippen LogP contribution < -0.4 is 5.73 Å². The summed E-state index contributed by atoms with van der Waals surface area (Å²) in [5.41, 5.74) is 5.25. The molecular weight excluding hydrogens is 255 g/mol. The molecule has 0 heterocycles. The van der Waals surface area contributed by atoms with Gasteiger partial charge in [0.2, 0.25) is 0 Å². The van der Waals surface area contributed by atoms with E-state index in [0.717, 1.165) is 31.4 Å². The highest BCUT2D eigenvalue weighted by Gasteiger charge is 2.32. The van der Waals surface area contributed by atoms with Crippen molar-refractivity contribution in [2.45, 2.75) is 25.7 Å². The number of halogens is 3. The summed E-state index contributed by atoms with van der Waals surface area (Å²) in [4.78, 5) is 12.3. The molecule has 0 spiro atoms. The first-order valence-electron chi connectivity index (χ1n) is 6.44. The van der Waals surface area contributed by atoms with Crippen LogP contribution in [0.2, 0.25) is 0 Å². The molecule has 0 aromatic heterocycles. The third kappa shape index (κ3) is 2.66. The standard InChI is InChI=1S/C14H16F3NO/c15-11-6-5-10(12(16)13(11)17)14(19)9-4-2-1-3-8(9)7-18/h5-6,8-9H,1-4,7,18H2. The highest BCUT2D eigenvalue weighted by Crippen LogP contribution is 2.32. The summed E-state index contributed by atoms with van der Waals surface area (Å²) >= 11 is 0. The van der Waals surface area contributed by atoms with Gasteiger partial charge in [0.25, 0.3) is 0 Å². The molecule has 1 aliphatic rings. The van der Waals surface area contributed by atoms with Crippen LogP contribution in [0.15, 0.2) is 12.1 Å². The van der Waals surface area contributed by atoms with E-state index in [1.54, 1.807) is 0 Å². The van der Waals surface area contributed by atoms with Crippen molar-refractivity contribution in [2.24, 2.45) is 17.6 Å². The Kier molecular flexibility index (Phi) is 4.24. The van der Waals surface area contributed by atoms with Crippen molar-refractivity contribution in [3.8, 4) is 0 Å². The van der Waals surface area contributed by atoms with Crippen molar-refractivity contribution in [3.63, 3.8) is 0 Å². The molecule has 2 N–H and O–H groups in total. The predicted molar refractivity (Wildman–Crippen MR) is 65.1 cm³/mol. The normalized spacial score (nSPS) is 23.4. The van der Waals surface area contributed by atoms with Gasteiger partial charge in [0.1, 0.15) is 0 Å². The number of ketones is 1. The Morgan fingerprint density at radius 2 is 1.84 bits per heavy atom. The van der Waals surface area contributed by atoms with E-state index in [4.69, 9.17) is 5.73 Å². The molecule has 104 valence electrons. The van der Waals surface area contributed by atoms with Crippen LogP contribution >= 0.6 is 0 Å². The highest BCUT2D eigenvalue weighted by molar-refractivity contribution is 5.98. The summed E-state index contributed by atoms with van der Waals surface area (Å²) in [6.07, 6.45) is 3.31. The number of benzene rings is 1. The summed E-state index contributed by atoms with van der Waals surface area (Å²) < 4.78 is 39.7. The van der Waals surface area contributed by atoms with Crippen LogP contribution in [0.3, 0.4) is 0 Å². The molecule has 0 aliphatic heterocycles. The van der Waals surface area contributed by atoms with Gasteiger partial charge < -0.3 is 5.73 Å². The Bertz CT molecular complexity index is 490. The topological polar surface area (TPSA) is 43.1 Å². The molecule has 2 atom stereocenters. The summed E-state index contributed by atoms with van der Waals surface area (Å²) in [5.74, 6) is -5.14. The van der Waals surface area contributed by atoms with Crippen molar-refractivity contribution in [3.05, 3.63) is 35.1 Å². The summed E-state index contributed by atoms with van der Waals surface area (Å²) in [6.45, 7) is 0.349. The van der Waals surface area contributed by atoms with Crippen molar-refractivity contribution in [1.29, 1.82) is 0 Å². The molecule has 0 bridgehead atoms. The highest BCUT2D eigenvalue weighted by atomic mass is 19.2. The molecule has 2 rings (SSSR count). The SMILES string of the molecule is NCC1CCCCC1C(=O)c1ccc(F)c(F)c1F. The van der Waals surface area contributed by atoms with E-state index in [1.165, 1.54) is 0 Å². The second kappa shape index (κ2) is 5.74. The van der Waals surface area contributed by atoms with E-state index >= 15 is 0 Å². The fraction of sp³-hybridized carbons (Fsp3) is 0.500. The lowest BCUT2D eigenvalue weighted by atomic mass is 9.75. The van der Waals surface area contributed by atoms with Crippen molar-refractivity contribution < 1.29 is 18.0 Å². The number of Topliss-reactive ketones (excluding diaryl/α,β-unsaturated/α-hetero) is 1. The van der Waals surface area contributed by atoms with E-state index in [-0.39, 0.29) is 11.5 Å². The summed E-state index contributed by atoms with van der Waals surface area (Å²) in [6, 6.07) is 1.80. The summed E-state index contributed by atoms with van der Waals surface area (Å²) in [5, 5.41) is 0. The first-order valence-corrected chi connectivity index (χ1v) is 6.44. The van der Waals surface area contributed by atoms with Gasteiger partial charge in [-0.05, 0) is 37.4 Å². The van der Waals surface area contributed by atoms with Crippen LogP contribution in [0.25, 0.3) is 0 Å². The Morgan fingerprint density at radius 3 is 2.53 bits per heavy atom. The van der Waals surface area contributed by atoms with Gasteiger partial charge in [0.15, 0.2) is 23.2 Å². The Hall–Kier alpha value is -1.36. The largest absolute Gasteiger partial charge is 0.330 e. The second-order valence-electron chi connectivity index (χ2n) is 4.97. The Balaban J connectivity index is 2.31. The molecule has 1 fully saturated rings. The van der Waals surface area contributed by atoms with Gasteiger partial charge in [0.05, 0.1) is 5.56 Å². The first kappa shape index (κ1) is 14.1. The lowest BCUT2D eigenvalue weighted by molar-refractivity contribution is 0.0824. The maximum atomic E-state index is 13.6. The minimum absolute atomic E-state index is 0.00577. The minimum Gasteiger partial charge on any atom is -0.330 e. The van der Waals surface area contributed by atoms with E-state index in [2.05, 4.69) is 0 Å². The lowest BCUT2D eigenvalue weighted by Gasteiger charge is -2.29. The van der Waals surface area contributed by atoms with Gasteiger partial charge in [0, 0.05) is 5.92 Å². The van der Waals surface area contributed by atoms with Crippen LogP contribution in [-0.4, -0.2) is 12.3 Å². The third-order valence-corrected chi connectivity index (χ3v) is 3.85. The molecule has 1 aromatic rings. The quantitative estimate of drug-likeness (QED) is 0.678. The third-order valence-electron chi connectivity index (χ3n) is 3.85. The van der Waals surface area contributed by atoms with Crippen molar-refractivity contribution in [1.82, 2.24) is 0 Å². The molecule has 0 radical (unpaired) electrons. The van der Waals surface area contributed by atoms with Crippen LogP contribution in [0.5, 0.6) is 0 Å². The molecule has 1 saturated carbocycles. The van der Waals surface area contributed by atoms with Gasteiger partial charge in [-0.15, -0.1) is 0 Å². The number of hydrogen-bond acceptors (Lipinski definition) is 2. The van der Waals surface area contributed by atoms with Crippen LogP contribution in [0.1, 0.15) is 36.0 Å². The molecular formula is C14H16F3NO. The van der Waals surface area contributed by atoms with E-state index in [9.17, 15) is 18.0 Å². The first-order chi connectivity index (χ1) is 9.06. The molecule has 2 unspecified atom stereocenters. The van der Waals surface area contributed by atoms with Gasteiger partial charge in [-0.1, -0.05) is 12.8 Å². The zero-order valence-electron chi connectivity index (χ0n) is 10.5. The Labute approximate surface area is 109 Å². The minimum atomic E-state index is -1.59. The molecule has 0 saturated heterocycles. The average Bonchev–Trinajstić information content (AvgIpc) is 2.44. The predicted octanol–water partition coefficient (Wildman–Crippen LogP) is 3.05. The van der Waals surface area contributed by atoms with E-state index in [1.807, 2.05) is 0 Å². The molecule has 1 aliphatic carbocycles. The number of carbonyl (C=O) groups is 1. The Morgan fingerprint density at radius 1 is 1.16 bits per heavy atom. The zero-order valence-corrected chi connectivity index (χ0v) is 10.5. The fourth-order valence-corrected chi connectivity index (χ4v) is 2.75. The van der Waals surface area contributed by atoms with Crippen LogP contribution in [0, 0.1) is 29.3 Å². The molecule has 2 nitrogen and oxygen atoms in total. The smallest absolute Gasteiger partial charge is 0.195 e. The van der Waals surface area contributed by atoms with Crippen LogP contribution in [0.4, 0.5) is 13.2 Å². The molecule has 1 aromatic carbocycles. The average molecular weight is 271 g/mol. The maximum absolute atomic E-state index is 13.6. The monoisotopic (exact) mass is 271 g/mol. The van der Waals surface area contributed by atoms with Gasteiger partial charge in [-0.3, -0.25) is 4.79 Å². The molecule has 19 heavy (non-hydrogen) atoms.